The molecule has 1 N–H and O–H groups in total. The summed E-state index contributed by atoms with van der Waals surface area (Å²) in [5.74, 6) is -0.0197. The van der Waals surface area contributed by atoms with E-state index in [1.807, 2.05) is 75.4 Å². The Morgan fingerprint density at radius 1 is 1.00 bits per heavy atom. The van der Waals surface area contributed by atoms with Gasteiger partial charge in [-0.3, -0.25) is 13.9 Å². The van der Waals surface area contributed by atoms with E-state index in [2.05, 4.69) is 5.32 Å². The zero-order valence-corrected chi connectivity index (χ0v) is 27.1. The summed E-state index contributed by atoms with van der Waals surface area (Å²) >= 11 is 6.27. The van der Waals surface area contributed by atoms with Gasteiger partial charge in [-0.2, -0.15) is 0 Å². The lowest BCUT2D eigenvalue weighted by molar-refractivity contribution is -0.141. The van der Waals surface area contributed by atoms with E-state index >= 15 is 0 Å². The fraction of sp³-hybridized carbons (Fsp3) is 0.394. The molecule has 10 heteroatoms. The number of methoxy groups -OCH3 is 1. The Morgan fingerprint density at radius 2 is 1.70 bits per heavy atom. The lowest BCUT2D eigenvalue weighted by Crippen LogP contribution is -2.52. The van der Waals surface area contributed by atoms with Crippen LogP contribution in [0.15, 0.2) is 72.8 Å². The molecule has 0 aliphatic carbocycles. The Balaban J connectivity index is 1.90. The number of ether oxygens (including phenoxy) is 1. The van der Waals surface area contributed by atoms with E-state index < -0.39 is 16.1 Å². The van der Waals surface area contributed by atoms with Crippen LogP contribution >= 0.6 is 11.6 Å². The van der Waals surface area contributed by atoms with E-state index in [1.165, 1.54) is 17.5 Å². The summed E-state index contributed by atoms with van der Waals surface area (Å²) in [5.41, 5.74) is 3.28. The van der Waals surface area contributed by atoms with Crippen LogP contribution in [0.5, 0.6) is 5.75 Å². The molecule has 0 spiro atoms. The van der Waals surface area contributed by atoms with E-state index in [4.69, 9.17) is 16.3 Å². The van der Waals surface area contributed by atoms with Gasteiger partial charge in [0, 0.05) is 32.0 Å². The predicted molar refractivity (Wildman–Crippen MR) is 173 cm³/mol. The van der Waals surface area contributed by atoms with Gasteiger partial charge in [-0.25, -0.2) is 8.42 Å². The zero-order chi connectivity index (χ0) is 31.6. The van der Waals surface area contributed by atoms with Crippen molar-refractivity contribution < 1.29 is 22.7 Å². The Labute approximate surface area is 261 Å². The minimum Gasteiger partial charge on any atom is -0.495 e. The molecule has 0 fully saturated rings. The topological polar surface area (TPSA) is 96.0 Å². The van der Waals surface area contributed by atoms with E-state index in [-0.39, 0.29) is 48.8 Å². The molecule has 2 atom stereocenters. The molecule has 0 unspecified atom stereocenters. The van der Waals surface area contributed by atoms with Gasteiger partial charge < -0.3 is 15.0 Å². The molecule has 3 aromatic rings. The molecule has 43 heavy (non-hydrogen) atoms. The third kappa shape index (κ3) is 10.0. The number of hydrogen-bond donors (Lipinski definition) is 1. The number of nitrogens with zero attached hydrogens (tertiary/aromatic N) is 2. The molecule has 0 radical (unpaired) electrons. The first-order valence-corrected chi connectivity index (χ1v) is 16.7. The van der Waals surface area contributed by atoms with E-state index in [0.29, 0.717) is 17.9 Å². The number of carbonyl (C=O) groups is 2. The number of carbonyl (C=O) groups excluding carboxylic acids is 2. The Hall–Kier alpha value is -3.56. The molecule has 0 saturated carbocycles. The summed E-state index contributed by atoms with van der Waals surface area (Å²) < 4.78 is 31.9. The summed E-state index contributed by atoms with van der Waals surface area (Å²) in [6, 6.07) is 21.4. The molecule has 2 amide bonds. The van der Waals surface area contributed by atoms with Crippen molar-refractivity contribution in [3.63, 3.8) is 0 Å². The molecule has 0 heterocycles. The second-order valence-electron chi connectivity index (χ2n) is 10.8. The first kappa shape index (κ1) is 33.9. The summed E-state index contributed by atoms with van der Waals surface area (Å²) in [4.78, 5) is 29.3. The van der Waals surface area contributed by atoms with Crippen molar-refractivity contribution in [3.05, 3.63) is 94.5 Å². The third-order valence-corrected chi connectivity index (χ3v) is 8.77. The van der Waals surface area contributed by atoms with Gasteiger partial charge in [-0.1, -0.05) is 78.7 Å². The van der Waals surface area contributed by atoms with Crippen molar-refractivity contribution in [1.82, 2.24) is 10.2 Å². The van der Waals surface area contributed by atoms with Crippen molar-refractivity contribution in [1.29, 1.82) is 0 Å². The first-order chi connectivity index (χ1) is 20.4. The minimum atomic E-state index is -3.67. The summed E-state index contributed by atoms with van der Waals surface area (Å²) in [6.07, 6.45) is 2.51. The van der Waals surface area contributed by atoms with Crippen LogP contribution in [0, 0.1) is 6.92 Å². The van der Waals surface area contributed by atoms with Crippen LogP contribution < -0.4 is 14.4 Å². The van der Waals surface area contributed by atoms with Crippen molar-refractivity contribution in [2.24, 2.45) is 0 Å². The molecule has 3 rings (SSSR count). The number of nitrogens with one attached hydrogen (secondary N) is 1. The second kappa shape index (κ2) is 15.8. The molecule has 0 saturated heterocycles. The molecule has 0 aliphatic rings. The summed E-state index contributed by atoms with van der Waals surface area (Å²) in [5, 5.41) is 3.35. The van der Waals surface area contributed by atoms with Gasteiger partial charge in [0.1, 0.15) is 11.8 Å². The molecular formula is C33H42ClN3O5S. The van der Waals surface area contributed by atoms with Gasteiger partial charge in [0.25, 0.3) is 0 Å². The monoisotopic (exact) mass is 627 g/mol. The number of sulfonamides is 1. The zero-order valence-electron chi connectivity index (χ0n) is 25.5. The fourth-order valence-electron chi connectivity index (χ4n) is 4.82. The normalized spacial score (nSPS) is 12.7. The first-order valence-electron chi connectivity index (χ1n) is 14.4. The maximum Gasteiger partial charge on any atom is 0.243 e. The molecule has 0 bridgehead atoms. The molecular weight excluding hydrogens is 586 g/mol. The fourth-order valence-corrected chi connectivity index (χ4v) is 6.03. The highest BCUT2D eigenvalue weighted by atomic mass is 35.5. The molecule has 0 aromatic heterocycles. The van der Waals surface area contributed by atoms with Crippen LogP contribution in [-0.2, 0) is 32.6 Å². The lowest BCUT2D eigenvalue weighted by Gasteiger charge is -2.33. The van der Waals surface area contributed by atoms with E-state index in [9.17, 15) is 18.0 Å². The Bertz CT molecular complexity index is 1480. The smallest absolute Gasteiger partial charge is 0.243 e. The number of aryl methyl sites for hydroxylation is 1. The van der Waals surface area contributed by atoms with Gasteiger partial charge in [-0.15, -0.1) is 0 Å². The summed E-state index contributed by atoms with van der Waals surface area (Å²) in [6.45, 7) is 6.23. The van der Waals surface area contributed by atoms with E-state index in [0.717, 1.165) is 29.4 Å². The largest absolute Gasteiger partial charge is 0.495 e. The second-order valence-corrected chi connectivity index (χ2v) is 13.1. The predicted octanol–water partition coefficient (Wildman–Crippen LogP) is 5.76. The number of anilines is 1. The average Bonchev–Trinajstić information content (AvgIpc) is 2.96. The Kier molecular flexibility index (Phi) is 12.5. The quantitative estimate of drug-likeness (QED) is 0.231. The van der Waals surface area contributed by atoms with Crippen LogP contribution in [0.4, 0.5) is 5.69 Å². The molecule has 8 nitrogen and oxygen atoms in total. The van der Waals surface area contributed by atoms with Crippen molar-refractivity contribution in [2.45, 2.75) is 65.1 Å². The molecule has 0 aliphatic heterocycles. The maximum absolute atomic E-state index is 14.0. The number of halogens is 1. The number of hydrogen-bond acceptors (Lipinski definition) is 5. The van der Waals surface area contributed by atoms with Crippen molar-refractivity contribution in [2.75, 3.05) is 24.2 Å². The van der Waals surface area contributed by atoms with Crippen LogP contribution in [-0.4, -0.2) is 57.1 Å². The van der Waals surface area contributed by atoms with Crippen molar-refractivity contribution in [3.8, 4) is 5.75 Å². The minimum absolute atomic E-state index is 0.0453. The van der Waals surface area contributed by atoms with Gasteiger partial charge in [0.05, 0.1) is 24.1 Å². The molecule has 3 aromatic carbocycles. The standard InChI is InChI=1S/C33H42ClN3O5S/c1-6-25(3)35-33(39)30(21-26-13-8-7-9-14-26)36(23-27-15-10-12-24(2)20-27)32(38)16-11-19-37(43(5,40)41)28-17-18-31(42-4)29(34)22-28/h7-10,12-15,17-18,20,22,25,30H,6,11,16,19,21,23H2,1-5H3,(H,35,39)/t25-,30-/m1/s1. The Morgan fingerprint density at radius 3 is 2.30 bits per heavy atom. The number of rotatable bonds is 15. The summed E-state index contributed by atoms with van der Waals surface area (Å²) in [7, 11) is -2.18. The highest BCUT2D eigenvalue weighted by molar-refractivity contribution is 7.92. The van der Waals surface area contributed by atoms with Gasteiger partial charge in [-0.05, 0) is 56.0 Å². The van der Waals surface area contributed by atoms with Crippen LogP contribution in [0.1, 0.15) is 49.8 Å². The SMILES string of the molecule is CC[C@@H](C)NC(=O)[C@@H](Cc1ccccc1)N(Cc1cccc(C)c1)C(=O)CCCN(c1ccc(OC)c(Cl)c1)S(C)(=O)=O. The third-order valence-electron chi connectivity index (χ3n) is 7.28. The van der Waals surface area contributed by atoms with Crippen LogP contribution in [0.2, 0.25) is 5.02 Å². The number of benzene rings is 3. The van der Waals surface area contributed by atoms with E-state index in [1.54, 1.807) is 17.0 Å². The lowest BCUT2D eigenvalue weighted by atomic mass is 10.0. The number of amides is 2. The van der Waals surface area contributed by atoms with Gasteiger partial charge in [0.15, 0.2) is 0 Å². The highest BCUT2D eigenvalue weighted by Crippen LogP contribution is 2.30. The van der Waals surface area contributed by atoms with Crippen molar-refractivity contribution >= 4 is 39.1 Å². The molecule has 232 valence electrons. The van der Waals surface area contributed by atoms with Gasteiger partial charge >= 0.3 is 0 Å². The van der Waals surface area contributed by atoms with Crippen LogP contribution in [0.3, 0.4) is 0 Å². The maximum atomic E-state index is 14.0. The van der Waals surface area contributed by atoms with Crippen LogP contribution in [0.25, 0.3) is 0 Å². The van der Waals surface area contributed by atoms with Gasteiger partial charge in [0.2, 0.25) is 21.8 Å². The highest BCUT2D eigenvalue weighted by Gasteiger charge is 2.31. The average molecular weight is 628 g/mol.